The van der Waals surface area contributed by atoms with Gasteiger partial charge in [-0.25, -0.2) is 19.5 Å². The zero-order valence-corrected chi connectivity index (χ0v) is 20.5. The molecule has 192 valence electrons. The average molecular weight is 515 g/mol. The molecule has 1 N–H and O–H groups in total. The maximum absolute atomic E-state index is 15.0. The van der Waals surface area contributed by atoms with Crippen LogP contribution in [0.3, 0.4) is 0 Å². The number of nitrogens with one attached hydrogen (secondary N) is 1. The van der Waals surface area contributed by atoms with Crippen LogP contribution in [0.25, 0.3) is 16.9 Å². The van der Waals surface area contributed by atoms with Crippen molar-refractivity contribution in [2.45, 2.75) is 19.4 Å². The minimum absolute atomic E-state index is 0.00778. The van der Waals surface area contributed by atoms with E-state index in [4.69, 9.17) is 14.2 Å². The number of imidazole rings is 1. The van der Waals surface area contributed by atoms with Crippen molar-refractivity contribution >= 4 is 22.8 Å². The van der Waals surface area contributed by atoms with E-state index in [1.54, 1.807) is 59.3 Å². The Hall–Kier alpha value is -5.06. The topological polar surface area (TPSA) is 113 Å². The number of hydrogen-bond donors (Lipinski definition) is 1. The predicted octanol–water partition coefficient (Wildman–Crippen LogP) is 4.50. The number of nitrogens with zero attached hydrogens (tertiary/aromatic N) is 5. The fourth-order valence-electron chi connectivity index (χ4n) is 3.68. The zero-order valence-electron chi connectivity index (χ0n) is 20.5. The molecule has 0 bridgehead atoms. The van der Waals surface area contributed by atoms with Crippen LogP contribution in [-0.2, 0) is 11.4 Å². The molecule has 2 aromatic carbocycles. The number of rotatable bonds is 9. The Morgan fingerprint density at radius 2 is 1.82 bits per heavy atom. The van der Waals surface area contributed by atoms with Gasteiger partial charge in [-0.1, -0.05) is 36.4 Å². The molecule has 0 aliphatic heterocycles. The van der Waals surface area contributed by atoms with E-state index < -0.39 is 11.8 Å². The first kappa shape index (κ1) is 24.6. The lowest BCUT2D eigenvalue weighted by Gasteiger charge is -2.21. The van der Waals surface area contributed by atoms with Crippen LogP contribution in [0.4, 0.5) is 10.2 Å². The number of carbonyl (C=O) groups is 1. The molecule has 5 aromatic rings. The van der Waals surface area contributed by atoms with E-state index in [0.717, 1.165) is 12.4 Å². The minimum atomic E-state index is -2.61. The molecule has 38 heavy (non-hydrogen) atoms. The summed E-state index contributed by atoms with van der Waals surface area (Å²) in [6, 6.07) is 20.9. The van der Waals surface area contributed by atoms with Gasteiger partial charge in [-0.3, -0.25) is 4.79 Å². The van der Waals surface area contributed by atoms with Crippen LogP contribution in [0, 0.1) is 0 Å². The lowest BCUT2D eigenvalue weighted by molar-refractivity contribution is -0.144. The van der Waals surface area contributed by atoms with Crippen molar-refractivity contribution < 1.29 is 23.4 Å². The number of para-hydroxylation sites is 3. The summed E-state index contributed by atoms with van der Waals surface area (Å²) in [5, 5.41) is 2.45. The number of methoxy groups -OCH3 is 1. The highest BCUT2D eigenvalue weighted by Gasteiger charge is 2.36. The fraction of sp³-hybridized carbons (Fsp3) is 0.148. The molecule has 0 fully saturated rings. The summed E-state index contributed by atoms with van der Waals surface area (Å²) < 4.78 is 33.4. The Morgan fingerprint density at radius 3 is 2.63 bits per heavy atom. The molecule has 0 radical (unpaired) electrons. The van der Waals surface area contributed by atoms with Crippen LogP contribution < -0.4 is 19.5 Å². The van der Waals surface area contributed by atoms with Gasteiger partial charge in [0.25, 0.3) is 0 Å². The zero-order chi connectivity index (χ0) is 26.5. The first-order chi connectivity index (χ1) is 18.4. The van der Waals surface area contributed by atoms with E-state index in [2.05, 4.69) is 25.3 Å². The number of benzene rings is 2. The van der Waals surface area contributed by atoms with E-state index >= 15 is 0 Å². The Morgan fingerprint density at radius 1 is 1.03 bits per heavy atom. The Labute approximate surface area is 217 Å². The highest BCUT2D eigenvalue weighted by atomic mass is 19.2. The van der Waals surface area contributed by atoms with Crippen LogP contribution >= 0.6 is 0 Å². The molecule has 5 rings (SSSR count). The third-order valence-electron chi connectivity index (χ3n) is 5.48. The summed E-state index contributed by atoms with van der Waals surface area (Å²) in [6.45, 7) is 1.04. The molecular weight excluding hydrogens is 491 g/mol. The smallest absolute Gasteiger partial charge is 0.324 e. The van der Waals surface area contributed by atoms with E-state index in [0.29, 0.717) is 22.8 Å². The molecule has 0 aliphatic rings. The molecule has 1 unspecified atom stereocenters. The molecule has 1 amide bonds. The van der Waals surface area contributed by atoms with Crippen LogP contribution in [-0.4, -0.2) is 43.4 Å². The van der Waals surface area contributed by atoms with Crippen LogP contribution in [0.15, 0.2) is 85.3 Å². The number of carbonyl (C=O) groups excluding carboxylic acids is 1. The van der Waals surface area contributed by atoms with Gasteiger partial charge in [0.15, 0.2) is 11.6 Å². The van der Waals surface area contributed by atoms with E-state index in [-0.39, 0.29) is 24.2 Å². The fourth-order valence-corrected chi connectivity index (χ4v) is 3.68. The number of pyridine rings is 1. The summed E-state index contributed by atoms with van der Waals surface area (Å²) in [7, 11) is 1.53. The summed E-state index contributed by atoms with van der Waals surface area (Å²) >= 11 is 0. The maximum atomic E-state index is 15.0. The van der Waals surface area contributed by atoms with Gasteiger partial charge in [-0.2, -0.15) is 9.37 Å². The Balaban J connectivity index is 1.35. The van der Waals surface area contributed by atoms with Crippen molar-refractivity contribution in [1.29, 1.82) is 0 Å². The first-order valence-corrected chi connectivity index (χ1v) is 11.6. The number of amides is 1. The number of halogens is 1. The third-order valence-corrected chi connectivity index (χ3v) is 5.48. The van der Waals surface area contributed by atoms with Crippen molar-refractivity contribution in [3.63, 3.8) is 0 Å². The molecule has 10 nitrogen and oxygen atoms in total. The average Bonchev–Trinajstić information content (AvgIpc) is 3.30. The summed E-state index contributed by atoms with van der Waals surface area (Å²) in [5.41, 5.74) is 1.92. The van der Waals surface area contributed by atoms with Crippen molar-refractivity contribution in [1.82, 2.24) is 24.5 Å². The minimum Gasteiger partial charge on any atom is -0.491 e. The number of aromatic nitrogens is 5. The van der Waals surface area contributed by atoms with Crippen LogP contribution in [0.2, 0.25) is 0 Å². The lowest BCUT2D eigenvalue weighted by atomic mass is 10.3. The Bertz CT molecular complexity index is 1570. The van der Waals surface area contributed by atoms with Gasteiger partial charge in [0.05, 0.1) is 30.0 Å². The molecule has 11 heteroatoms. The number of alkyl halides is 1. The number of fused-ring (bicyclic) bond motifs is 1. The molecule has 0 saturated carbocycles. The van der Waals surface area contributed by atoms with Crippen molar-refractivity contribution in [3.8, 4) is 23.3 Å². The first-order valence-electron chi connectivity index (χ1n) is 11.6. The Kier molecular flexibility index (Phi) is 6.81. The molecule has 0 spiro atoms. The lowest BCUT2D eigenvalue weighted by Crippen LogP contribution is -2.41. The van der Waals surface area contributed by atoms with E-state index in [1.165, 1.54) is 13.4 Å². The number of anilines is 1. The normalized spacial score (nSPS) is 12.5. The summed E-state index contributed by atoms with van der Waals surface area (Å²) in [5.74, 6) is -2.34. The van der Waals surface area contributed by atoms with Crippen molar-refractivity contribution in [3.05, 3.63) is 91.0 Å². The largest absolute Gasteiger partial charge is 0.491 e. The molecule has 0 saturated heterocycles. The number of hydrogen-bond acceptors (Lipinski definition) is 8. The van der Waals surface area contributed by atoms with Gasteiger partial charge in [0.1, 0.15) is 24.5 Å². The summed E-state index contributed by atoms with van der Waals surface area (Å²) in [4.78, 5) is 29.9. The second-order valence-corrected chi connectivity index (χ2v) is 8.22. The second kappa shape index (κ2) is 10.5. The van der Waals surface area contributed by atoms with Gasteiger partial charge in [-0.05, 0) is 36.4 Å². The third kappa shape index (κ3) is 5.21. The SMILES string of the molecule is COc1cncnc1-n1c(OCc2cccc(NC(=O)C(C)(F)Oc3ccccc3)n2)nc2ccccc21. The second-order valence-electron chi connectivity index (χ2n) is 8.22. The number of ether oxygens (including phenoxy) is 3. The van der Waals surface area contributed by atoms with Gasteiger partial charge < -0.3 is 19.5 Å². The van der Waals surface area contributed by atoms with Crippen molar-refractivity contribution in [2.24, 2.45) is 0 Å². The van der Waals surface area contributed by atoms with Gasteiger partial charge in [-0.15, -0.1) is 0 Å². The molecule has 3 aromatic heterocycles. The molecular formula is C27H23FN6O4. The highest BCUT2D eigenvalue weighted by molar-refractivity contribution is 5.95. The van der Waals surface area contributed by atoms with Crippen LogP contribution in [0.5, 0.6) is 17.5 Å². The monoisotopic (exact) mass is 514 g/mol. The van der Waals surface area contributed by atoms with E-state index in [9.17, 15) is 9.18 Å². The molecule has 0 aliphatic carbocycles. The van der Waals surface area contributed by atoms with Gasteiger partial charge in [0, 0.05) is 6.92 Å². The standard InChI is InChI=1S/C27H23FN6O4/c1-27(28,38-19-10-4-3-5-11-19)25(35)33-23-14-8-9-18(31-23)16-37-26-32-20-12-6-7-13-21(20)34(26)24-22(36-2)15-29-17-30-24/h3-15,17H,16H2,1-2H3,(H,31,33,35). The summed E-state index contributed by atoms with van der Waals surface area (Å²) in [6.07, 6.45) is 2.96. The van der Waals surface area contributed by atoms with Gasteiger partial charge in [0.2, 0.25) is 0 Å². The predicted molar refractivity (Wildman–Crippen MR) is 137 cm³/mol. The van der Waals surface area contributed by atoms with Crippen LogP contribution in [0.1, 0.15) is 12.6 Å². The quantitative estimate of drug-likeness (QED) is 0.306. The molecule has 3 heterocycles. The van der Waals surface area contributed by atoms with Gasteiger partial charge >= 0.3 is 17.8 Å². The van der Waals surface area contributed by atoms with Crippen molar-refractivity contribution in [2.75, 3.05) is 12.4 Å². The molecule has 1 atom stereocenters. The maximum Gasteiger partial charge on any atom is 0.324 e. The van der Waals surface area contributed by atoms with E-state index in [1.807, 2.05) is 24.3 Å². The highest BCUT2D eigenvalue weighted by Crippen LogP contribution is 2.30.